The molecule has 3 atom stereocenters. The Labute approximate surface area is 326 Å². The van der Waals surface area contributed by atoms with Crippen molar-refractivity contribution in [3.05, 3.63) is 82.8 Å². The van der Waals surface area contributed by atoms with Gasteiger partial charge < -0.3 is 35.1 Å². The number of likely N-dealkylation sites (N-methyl/N-ethyl adjacent to an activating group) is 1. The molecule has 1 aromatic heterocycles. The summed E-state index contributed by atoms with van der Waals surface area (Å²) >= 11 is 0. The van der Waals surface area contributed by atoms with Crippen molar-refractivity contribution in [3.8, 4) is 11.9 Å². The van der Waals surface area contributed by atoms with Crippen LogP contribution < -0.4 is 25.6 Å². The molecule has 12 heteroatoms. The maximum atomic E-state index is 14.4. The molecule has 3 N–H and O–H groups in total. The van der Waals surface area contributed by atoms with Gasteiger partial charge in [-0.25, -0.2) is 9.37 Å². The fourth-order valence-electron chi connectivity index (χ4n) is 7.29. The predicted molar refractivity (Wildman–Crippen MR) is 215 cm³/mol. The lowest BCUT2D eigenvalue weighted by molar-refractivity contribution is -0.0453. The number of anilines is 2. The summed E-state index contributed by atoms with van der Waals surface area (Å²) in [5, 5.41) is 12.2. The van der Waals surface area contributed by atoms with E-state index >= 15 is 0 Å². The normalized spacial score (nSPS) is 20.0. The van der Waals surface area contributed by atoms with E-state index in [4.69, 9.17) is 30.2 Å². The molecule has 55 heavy (non-hydrogen) atoms. The highest BCUT2D eigenvalue weighted by atomic mass is 19.1. The van der Waals surface area contributed by atoms with Crippen LogP contribution in [0, 0.1) is 17.1 Å². The summed E-state index contributed by atoms with van der Waals surface area (Å²) < 4.78 is 32.1. The lowest BCUT2D eigenvalue weighted by Gasteiger charge is -2.38. The zero-order valence-corrected chi connectivity index (χ0v) is 33.7. The van der Waals surface area contributed by atoms with Crippen LogP contribution in [0.2, 0.25) is 0 Å². The fourth-order valence-corrected chi connectivity index (χ4v) is 7.29. The van der Waals surface area contributed by atoms with E-state index in [1.54, 1.807) is 18.2 Å². The number of halogens is 1. The first kappa shape index (κ1) is 41.9. The zero-order valence-electron chi connectivity index (χ0n) is 33.7. The maximum Gasteiger partial charge on any atom is 0.251 e. The number of rotatable bonds is 14. The first-order chi connectivity index (χ1) is 26.3. The Bertz CT molecular complexity index is 1790. The van der Waals surface area contributed by atoms with Crippen molar-refractivity contribution in [2.75, 3.05) is 62.8 Å². The second-order valence-electron chi connectivity index (χ2n) is 16.1. The number of hydrogen-bond donors (Lipinski definition) is 2. The summed E-state index contributed by atoms with van der Waals surface area (Å²) in [5.41, 5.74) is 9.49. The third kappa shape index (κ3) is 11.2. The number of hydrogen-bond acceptors (Lipinski definition) is 10. The average molecular weight is 758 g/mol. The number of nitrogens with two attached hydrogens (primary N) is 1. The molecule has 2 aromatic carbocycles. The van der Waals surface area contributed by atoms with Crippen molar-refractivity contribution in [2.24, 2.45) is 5.73 Å². The van der Waals surface area contributed by atoms with Gasteiger partial charge in [0.2, 0.25) is 5.88 Å². The number of likely N-dealkylation sites (tertiary alicyclic amines) is 1. The molecule has 11 nitrogen and oxygen atoms in total. The summed E-state index contributed by atoms with van der Waals surface area (Å²) in [5.74, 6) is 0.152. The van der Waals surface area contributed by atoms with Gasteiger partial charge in [-0.2, -0.15) is 5.26 Å². The van der Waals surface area contributed by atoms with Crippen LogP contribution >= 0.6 is 0 Å². The number of amides is 1. The highest BCUT2D eigenvalue weighted by Gasteiger charge is 2.38. The molecule has 3 aromatic rings. The third-order valence-corrected chi connectivity index (χ3v) is 10.3. The van der Waals surface area contributed by atoms with Crippen LogP contribution in [0.25, 0.3) is 0 Å². The SMILES string of the molecule is CC.CN1c2ccc(C(=O)NC(C)(C)COCC(C)(C)N)cc2N(CC2CCO2)C1CN1CCCC(c2cccc(OCc3ccc(C#N)cc3F)n2)CC1. The van der Waals surface area contributed by atoms with Gasteiger partial charge >= 0.3 is 0 Å². The second kappa shape index (κ2) is 18.6. The number of nitrogens with zero attached hydrogens (tertiary/aromatic N) is 5. The van der Waals surface area contributed by atoms with Crippen LogP contribution in [0.5, 0.6) is 5.88 Å². The number of benzene rings is 2. The molecule has 0 radical (unpaired) electrons. The van der Waals surface area contributed by atoms with Gasteiger partial charge in [0.05, 0.1) is 47.9 Å². The van der Waals surface area contributed by atoms with Crippen LogP contribution in [-0.2, 0) is 16.1 Å². The standard InChI is InChI=1S/C41H54FN7O4.C2H6/c1-40(2,44)26-51-27-41(3,4)46-39(50)30-13-14-35-36(21-30)49(23-32-16-19-52-32)38(47(35)5)24-48-17-7-8-29(15-18-48)34-9-6-10-37(45-34)53-25-31-12-11-28(22-43)20-33(31)42;1-2/h6,9-14,20-21,29,32,38H,7-8,15-19,23-27,44H2,1-5H3,(H,46,50);1-2H3. The molecular weight excluding hydrogens is 698 g/mol. The monoisotopic (exact) mass is 757 g/mol. The van der Waals surface area contributed by atoms with E-state index in [9.17, 15) is 9.18 Å². The molecular formula is C43H60FN7O4. The van der Waals surface area contributed by atoms with Crippen molar-refractivity contribution in [1.82, 2.24) is 15.2 Å². The minimum atomic E-state index is -0.569. The molecule has 0 aliphatic carbocycles. The Morgan fingerprint density at radius 3 is 2.51 bits per heavy atom. The van der Waals surface area contributed by atoms with Crippen molar-refractivity contribution in [2.45, 2.75) is 103 Å². The number of carbonyl (C=O) groups is 1. The number of nitrogens with one attached hydrogen (secondary N) is 1. The van der Waals surface area contributed by atoms with Crippen LogP contribution in [-0.4, -0.2) is 92.2 Å². The Morgan fingerprint density at radius 1 is 1.04 bits per heavy atom. The summed E-state index contributed by atoms with van der Waals surface area (Å²) in [6.07, 6.45) is 4.30. The first-order valence-electron chi connectivity index (χ1n) is 19.7. The zero-order chi connectivity index (χ0) is 39.8. The molecule has 2 fully saturated rings. The van der Waals surface area contributed by atoms with E-state index < -0.39 is 16.9 Å². The first-order valence-corrected chi connectivity index (χ1v) is 19.7. The summed E-state index contributed by atoms with van der Waals surface area (Å²) in [4.78, 5) is 25.7. The third-order valence-electron chi connectivity index (χ3n) is 10.3. The molecule has 1 amide bonds. The van der Waals surface area contributed by atoms with E-state index in [1.807, 2.05) is 65.8 Å². The number of carbonyl (C=O) groups excluding carboxylic acids is 1. The minimum Gasteiger partial charge on any atom is -0.473 e. The lowest BCUT2D eigenvalue weighted by atomic mass is 9.96. The molecule has 4 heterocycles. The van der Waals surface area contributed by atoms with Gasteiger partial charge in [-0.1, -0.05) is 26.0 Å². The molecule has 0 spiro atoms. The van der Waals surface area contributed by atoms with Gasteiger partial charge in [-0.15, -0.1) is 0 Å². The van der Waals surface area contributed by atoms with E-state index in [2.05, 4.69) is 39.2 Å². The molecule has 6 rings (SSSR count). The lowest BCUT2D eigenvalue weighted by Crippen LogP contribution is -2.53. The molecule has 3 aliphatic rings. The van der Waals surface area contributed by atoms with Crippen molar-refractivity contribution in [1.29, 1.82) is 5.26 Å². The molecule has 2 saturated heterocycles. The predicted octanol–water partition coefficient (Wildman–Crippen LogP) is 6.60. The number of nitriles is 1. The largest absolute Gasteiger partial charge is 0.473 e. The quantitative estimate of drug-likeness (QED) is 0.186. The fraction of sp³-hybridized carbons (Fsp3) is 0.558. The van der Waals surface area contributed by atoms with Gasteiger partial charge in [0.25, 0.3) is 5.91 Å². The topological polar surface area (TPSA) is 129 Å². The Kier molecular flexibility index (Phi) is 14.1. The number of aromatic nitrogens is 1. The number of fused-ring (bicyclic) bond motifs is 1. The van der Waals surface area contributed by atoms with E-state index in [1.165, 1.54) is 6.07 Å². The molecule has 0 bridgehead atoms. The van der Waals surface area contributed by atoms with Crippen LogP contribution in [0.15, 0.2) is 54.6 Å². The highest BCUT2D eigenvalue weighted by Crippen LogP contribution is 2.41. The Balaban J connectivity index is 0.00000285. The van der Waals surface area contributed by atoms with Gasteiger partial charge in [0, 0.05) is 61.1 Å². The Morgan fingerprint density at radius 2 is 1.82 bits per heavy atom. The van der Waals surface area contributed by atoms with Crippen LogP contribution in [0.1, 0.15) is 100 Å². The minimum absolute atomic E-state index is 0.0408. The maximum absolute atomic E-state index is 14.4. The van der Waals surface area contributed by atoms with Crippen molar-refractivity contribution < 1.29 is 23.4 Å². The van der Waals surface area contributed by atoms with Crippen LogP contribution in [0.3, 0.4) is 0 Å². The summed E-state index contributed by atoms with van der Waals surface area (Å²) in [6, 6.07) is 18.2. The molecule has 298 valence electrons. The number of pyridine rings is 1. The van der Waals surface area contributed by atoms with E-state index in [0.29, 0.717) is 30.2 Å². The average Bonchev–Trinajstić information content (AvgIpc) is 3.24. The van der Waals surface area contributed by atoms with Crippen molar-refractivity contribution >= 4 is 17.3 Å². The Hall–Kier alpha value is -4.28. The molecule has 3 aliphatic heterocycles. The highest BCUT2D eigenvalue weighted by molar-refractivity contribution is 5.97. The van der Waals surface area contributed by atoms with E-state index in [0.717, 1.165) is 75.5 Å². The smallest absolute Gasteiger partial charge is 0.251 e. The molecule has 3 unspecified atom stereocenters. The summed E-state index contributed by atoms with van der Waals surface area (Å²) in [7, 11) is 2.14. The second-order valence-corrected chi connectivity index (χ2v) is 16.1. The van der Waals surface area contributed by atoms with Gasteiger partial charge in [-0.05, 0) is 103 Å². The van der Waals surface area contributed by atoms with Gasteiger partial charge in [0.15, 0.2) is 0 Å². The van der Waals surface area contributed by atoms with Gasteiger partial charge in [-0.3, -0.25) is 9.69 Å². The van der Waals surface area contributed by atoms with Crippen LogP contribution in [0.4, 0.5) is 15.8 Å². The van der Waals surface area contributed by atoms with Crippen molar-refractivity contribution in [3.63, 3.8) is 0 Å². The van der Waals surface area contributed by atoms with E-state index in [-0.39, 0.29) is 36.3 Å². The molecule has 0 saturated carbocycles. The number of ether oxygens (including phenoxy) is 3. The van der Waals surface area contributed by atoms with Gasteiger partial charge in [0.1, 0.15) is 18.6 Å². The summed E-state index contributed by atoms with van der Waals surface area (Å²) in [6.45, 7) is 16.8.